The van der Waals surface area contributed by atoms with E-state index >= 15 is 0 Å². The maximum Gasteiger partial charge on any atom is 0.202 e. The van der Waals surface area contributed by atoms with E-state index in [1.807, 2.05) is 6.20 Å². The number of nitrogens with zero attached hydrogens (tertiary/aromatic N) is 2. The molecule has 0 aliphatic rings. The summed E-state index contributed by atoms with van der Waals surface area (Å²) >= 11 is 5.70. The molecule has 0 amide bonds. The maximum absolute atomic E-state index is 5.70. The molecular weight excluding hydrogens is 186 g/mol. The first-order chi connectivity index (χ1) is 6.27. The molecule has 0 radical (unpaired) electrons. The fourth-order valence-electron chi connectivity index (χ4n) is 1.05. The molecule has 1 atom stereocenters. The van der Waals surface area contributed by atoms with Gasteiger partial charge in [0.05, 0.1) is 0 Å². The third-order valence-corrected chi connectivity index (χ3v) is 2.46. The number of alkyl halides is 1. The molecule has 4 heteroatoms. The Morgan fingerprint density at radius 1 is 1.69 bits per heavy atom. The van der Waals surface area contributed by atoms with Crippen LogP contribution in [0.15, 0.2) is 12.4 Å². The van der Waals surface area contributed by atoms with Crippen LogP contribution in [-0.2, 0) is 6.54 Å². The molecule has 0 fully saturated rings. The number of anilines is 1. The molecule has 13 heavy (non-hydrogen) atoms. The molecule has 1 aromatic rings. The highest BCUT2D eigenvalue weighted by Crippen LogP contribution is 2.05. The summed E-state index contributed by atoms with van der Waals surface area (Å²) in [5.74, 6) is 2.09. The summed E-state index contributed by atoms with van der Waals surface area (Å²) in [6, 6.07) is 0. The van der Waals surface area contributed by atoms with E-state index in [2.05, 4.69) is 28.7 Å². The first-order valence-corrected chi connectivity index (χ1v) is 5.12. The highest BCUT2D eigenvalue weighted by Gasteiger charge is 2.02. The molecular formula is C9H16ClN3. The van der Waals surface area contributed by atoms with E-state index in [4.69, 9.17) is 11.6 Å². The number of aromatic nitrogens is 2. The van der Waals surface area contributed by atoms with Crippen LogP contribution in [-0.4, -0.2) is 22.0 Å². The smallest absolute Gasteiger partial charge is 0.202 e. The summed E-state index contributed by atoms with van der Waals surface area (Å²) in [6.45, 7) is 6.02. The van der Waals surface area contributed by atoms with Crippen LogP contribution in [0.2, 0.25) is 0 Å². The van der Waals surface area contributed by atoms with Gasteiger partial charge in [0, 0.05) is 31.4 Å². The monoisotopic (exact) mass is 201 g/mol. The van der Waals surface area contributed by atoms with Gasteiger partial charge in [-0.1, -0.05) is 6.92 Å². The molecule has 1 rings (SSSR count). The molecule has 0 aromatic carbocycles. The zero-order valence-corrected chi connectivity index (χ0v) is 8.88. The lowest BCUT2D eigenvalue weighted by atomic mass is 10.2. The van der Waals surface area contributed by atoms with Crippen LogP contribution in [0.4, 0.5) is 5.95 Å². The first-order valence-electron chi connectivity index (χ1n) is 4.58. The van der Waals surface area contributed by atoms with Gasteiger partial charge in [0.25, 0.3) is 0 Å². The maximum atomic E-state index is 5.70. The van der Waals surface area contributed by atoms with E-state index in [1.54, 1.807) is 6.20 Å². The predicted octanol–water partition coefficient (Wildman–Crippen LogP) is 2.19. The van der Waals surface area contributed by atoms with E-state index in [0.29, 0.717) is 11.8 Å². The van der Waals surface area contributed by atoms with Crippen molar-refractivity contribution < 1.29 is 0 Å². The van der Waals surface area contributed by atoms with Gasteiger partial charge < -0.3 is 9.88 Å². The van der Waals surface area contributed by atoms with Gasteiger partial charge in [0.1, 0.15) is 0 Å². The average molecular weight is 202 g/mol. The van der Waals surface area contributed by atoms with Crippen LogP contribution in [0.5, 0.6) is 0 Å². The fourth-order valence-corrected chi connectivity index (χ4v) is 1.16. The standard InChI is InChI=1S/C9H16ClN3/c1-3-13-5-4-11-9(13)12-7-8(2)6-10/h4-5,8H,3,6-7H2,1-2H3,(H,11,12). The van der Waals surface area contributed by atoms with E-state index in [9.17, 15) is 0 Å². The topological polar surface area (TPSA) is 29.9 Å². The largest absolute Gasteiger partial charge is 0.355 e. The Labute approximate surface area is 84.1 Å². The van der Waals surface area contributed by atoms with E-state index in [1.165, 1.54) is 0 Å². The van der Waals surface area contributed by atoms with Gasteiger partial charge in [-0.05, 0) is 12.8 Å². The van der Waals surface area contributed by atoms with Crippen LogP contribution < -0.4 is 5.32 Å². The molecule has 0 aliphatic heterocycles. The summed E-state index contributed by atoms with van der Waals surface area (Å²) in [5.41, 5.74) is 0. The van der Waals surface area contributed by atoms with Gasteiger partial charge in [-0.3, -0.25) is 0 Å². The second kappa shape index (κ2) is 5.12. The number of imidazole rings is 1. The van der Waals surface area contributed by atoms with Crippen LogP contribution in [0.3, 0.4) is 0 Å². The second-order valence-electron chi connectivity index (χ2n) is 3.18. The molecule has 0 aliphatic carbocycles. The minimum absolute atomic E-state index is 0.476. The lowest BCUT2D eigenvalue weighted by molar-refractivity contribution is 0.679. The summed E-state index contributed by atoms with van der Waals surface area (Å²) in [5, 5.41) is 3.26. The van der Waals surface area contributed by atoms with Crippen molar-refractivity contribution in [2.45, 2.75) is 20.4 Å². The molecule has 3 nitrogen and oxygen atoms in total. The number of halogens is 1. The van der Waals surface area contributed by atoms with Gasteiger partial charge in [0.15, 0.2) is 0 Å². The average Bonchev–Trinajstić information content (AvgIpc) is 2.61. The molecule has 0 saturated heterocycles. The quantitative estimate of drug-likeness (QED) is 0.741. The summed E-state index contributed by atoms with van der Waals surface area (Å²) in [7, 11) is 0. The Bertz CT molecular complexity index is 247. The molecule has 74 valence electrons. The third kappa shape index (κ3) is 2.92. The van der Waals surface area contributed by atoms with Gasteiger partial charge in [-0.25, -0.2) is 4.98 Å². The second-order valence-corrected chi connectivity index (χ2v) is 3.49. The Hall–Kier alpha value is -0.700. The van der Waals surface area contributed by atoms with Crippen molar-refractivity contribution in [2.24, 2.45) is 5.92 Å². The van der Waals surface area contributed by atoms with Crippen LogP contribution >= 0.6 is 11.6 Å². The van der Waals surface area contributed by atoms with Gasteiger partial charge in [0.2, 0.25) is 5.95 Å². The molecule has 1 aromatic heterocycles. The summed E-state index contributed by atoms with van der Waals surface area (Å²) in [4.78, 5) is 4.20. The number of hydrogen-bond acceptors (Lipinski definition) is 2. The molecule has 1 heterocycles. The van der Waals surface area contributed by atoms with Crippen LogP contribution in [0.25, 0.3) is 0 Å². The number of aryl methyl sites for hydroxylation is 1. The zero-order valence-electron chi connectivity index (χ0n) is 8.13. The molecule has 0 saturated carbocycles. The Morgan fingerprint density at radius 2 is 2.46 bits per heavy atom. The Morgan fingerprint density at radius 3 is 3.08 bits per heavy atom. The third-order valence-electron chi connectivity index (χ3n) is 1.93. The van der Waals surface area contributed by atoms with Crippen molar-refractivity contribution in [2.75, 3.05) is 17.7 Å². The Kier molecular flexibility index (Phi) is 4.09. The van der Waals surface area contributed by atoms with Crippen molar-refractivity contribution in [3.05, 3.63) is 12.4 Å². The first kappa shape index (κ1) is 10.4. The minimum Gasteiger partial charge on any atom is -0.355 e. The lowest BCUT2D eigenvalue weighted by Gasteiger charge is -2.10. The van der Waals surface area contributed by atoms with E-state index in [0.717, 1.165) is 19.0 Å². The highest BCUT2D eigenvalue weighted by atomic mass is 35.5. The fraction of sp³-hybridized carbons (Fsp3) is 0.667. The Balaban J connectivity index is 2.44. The predicted molar refractivity (Wildman–Crippen MR) is 56.3 cm³/mol. The van der Waals surface area contributed by atoms with Gasteiger partial charge in [-0.2, -0.15) is 0 Å². The molecule has 0 bridgehead atoms. The summed E-state index contributed by atoms with van der Waals surface area (Å²) in [6.07, 6.45) is 3.77. The van der Waals surface area contributed by atoms with Gasteiger partial charge in [-0.15, -0.1) is 11.6 Å². The normalized spacial score (nSPS) is 12.8. The SMILES string of the molecule is CCn1ccnc1NCC(C)CCl. The van der Waals surface area contributed by atoms with E-state index in [-0.39, 0.29) is 0 Å². The number of hydrogen-bond donors (Lipinski definition) is 1. The van der Waals surface area contributed by atoms with Crippen molar-refractivity contribution in [3.8, 4) is 0 Å². The van der Waals surface area contributed by atoms with Crippen LogP contribution in [0.1, 0.15) is 13.8 Å². The highest BCUT2D eigenvalue weighted by molar-refractivity contribution is 6.18. The van der Waals surface area contributed by atoms with Crippen LogP contribution in [0, 0.1) is 5.92 Å². The van der Waals surface area contributed by atoms with Crippen molar-refractivity contribution in [3.63, 3.8) is 0 Å². The molecule has 1 unspecified atom stereocenters. The number of rotatable bonds is 5. The van der Waals surface area contributed by atoms with Gasteiger partial charge >= 0.3 is 0 Å². The minimum atomic E-state index is 0.476. The van der Waals surface area contributed by atoms with Crippen molar-refractivity contribution in [1.29, 1.82) is 0 Å². The molecule has 1 N–H and O–H groups in total. The number of nitrogens with one attached hydrogen (secondary N) is 1. The van der Waals surface area contributed by atoms with Crippen molar-refractivity contribution >= 4 is 17.5 Å². The van der Waals surface area contributed by atoms with E-state index < -0.39 is 0 Å². The van der Waals surface area contributed by atoms with Crippen molar-refractivity contribution in [1.82, 2.24) is 9.55 Å². The zero-order chi connectivity index (χ0) is 9.68. The lowest BCUT2D eigenvalue weighted by Crippen LogP contribution is -2.15. The summed E-state index contributed by atoms with van der Waals surface area (Å²) < 4.78 is 2.07. The molecule has 0 spiro atoms.